The molecule has 0 radical (unpaired) electrons. The maximum Gasteiger partial charge on any atom is 0.309 e. The number of fused-ring (bicyclic) bond motifs is 1. The average Bonchev–Trinajstić information content (AvgIpc) is 2.63. The van der Waals surface area contributed by atoms with E-state index in [1.165, 1.54) is 5.56 Å². The first-order valence-corrected chi connectivity index (χ1v) is 8.31. The quantitative estimate of drug-likeness (QED) is 0.628. The van der Waals surface area contributed by atoms with Gasteiger partial charge in [-0.05, 0) is 36.4 Å². The number of hydrogen-bond donors (Lipinski definition) is 0. The Morgan fingerprint density at radius 3 is 2.76 bits per heavy atom. The molecular formula is C21H21NO3. The van der Waals surface area contributed by atoms with Gasteiger partial charge in [-0.25, -0.2) is 0 Å². The van der Waals surface area contributed by atoms with E-state index in [4.69, 9.17) is 9.47 Å². The smallest absolute Gasteiger partial charge is 0.309 e. The van der Waals surface area contributed by atoms with E-state index in [9.17, 15) is 4.79 Å². The molecule has 4 heteroatoms. The van der Waals surface area contributed by atoms with Crippen LogP contribution in [0.5, 0.6) is 5.75 Å². The van der Waals surface area contributed by atoms with E-state index >= 15 is 0 Å². The monoisotopic (exact) mass is 335 g/mol. The fourth-order valence-corrected chi connectivity index (χ4v) is 2.65. The molecule has 0 N–H and O–H groups in total. The molecule has 0 spiro atoms. The van der Waals surface area contributed by atoms with Crippen molar-refractivity contribution in [3.63, 3.8) is 0 Å². The number of benzene rings is 2. The highest BCUT2D eigenvalue weighted by atomic mass is 16.5. The second-order valence-electron chi connectivity index (χ2n) is 5.98. The molecule has 0 saturated carbocycles. The van der Waals surface area contributed by atoms with Gasteiger partial charge in [0.05, 0.1) is 13.0 Å². The van der Waals surface area contributed by atoms with Crippen LogP contribution in [0.4, 0.5) is 0 Å². The summed E-state index contributed by atoms with van der Waals surface area (Å²) >= 11 is 0. The summed E-state index contributed by atoms with van der Waals surface area (Å²) in [7, 11) is 0. The van der Waals surface area contributed by atoms with Crippen molar-refractivity contribution < 1.29 is 14.3 Å². The summed E-state index contributed by atoms with van der Waals surface area (Å²) in [5, 5.41) is 2.09. The minimum absolute atomic E-state index is 0.214. The molecule has 0 fully saturated rings. The van der Waals surface area contributed by atoms with Gasteiger partial charge in [0, 0.05) is 23.3 Å². The van der Waals surface area contributed by atoms with Crippen molar-refractivity contribution in [2.75, 3.05) is 6.61 Å². The van der Waals surface area contributed by atoms with Crippen LogP contribution in [-0.2, 0) is 16.1 Å². The van der Waals surface area contributed by atoms with Crippen LogP contribution >= 0.6 is 0 Å². The average molecular weight is 335 g/mol. The van der Waals surface area contributed by atoms with Gasteiger partial charge in [0.25, 0.3) is 0 Å². The van der Waals surface area contributed by atoms with E-state index in [0.717, 1.165) is 27.6 Å². The number of carbonyl (C=O) groups excluding carboxylic acids is 1. The van der Waals surface area contributed by atoms with Gasteiger partial charge in [0.15, 0.2) is 0 Å². The fraction of sp³-hybridized carbons (Fsp3) is 0.238. The summed E-state index contributed by atoms with van der Waals surface area (Å²) in [6, 6.07) is 13.8. The van der Waals surface area contributed by atoms with E-state index in [-0.39, 0.29) is 19.0 Å². The molecule has 4 nitrogen and oxygen atoms in total. The molecule has 0 aliphatic heterocycles. The number of pyridine rings is 1. The molecule has 0 atom stereocenters. The standard InChI is InChI=1S/C21H21NO3/c1-15-6-5-9-20(16(15)2)24-11-10-21(23)25-14-18-13-22-12-17-7-3-4-8-19(17)18/h3-9,12-13H,10-11,14H2,1-2H3. The van der Waals surface area contributed by atoms with Crippen molar-refractivity contribution in [3.05, 3.63) is 71.5 Å². The van der Waals surface area contributed by atoms with Crippen molar-refractivity contribution in [1.82, 2.24) is 4.98 Å². The van der Waals surface area contributed by atoms with Gasteiger partial charge in [-0.3, -0.25) is 9.78 Å². The van der Waals surface area contributed by atoms with Crippen LogP contribution in [0.15, 0.2) is 54.9 Å². The zero-order chi connectivity index (χ0) is 17.6. The lowest BCUT2D eigenvalue weighted by Crippen LogP contribution is -2.10. The zero-order valence-electron chi connectivity index (χ0n) is 14.5. The third-order valence-electron chi connectivity index (χ3n) is 4.26. The molecule has 1 heterocycles. The van der Waals surface area contributed by atoms with E-state index in [0.29, 0.717) is 6.61 Å². The molecule has 0 aliphatic carbocycles. The molecule has 3 rings (SSSR count). The molecule has 25 heavy (non-hydrogen) atoms. The van der Waals surface area contributed by atoms with Crippen LogP contribution in [0.1, 0.15) is 23.1 Å². The van der Waals surface area contributed by atoms with Crippen LogP contribution in [-0.4, -0.2) is 17.6 Å². The van der Waals surface area contributed by atoms with Crippen molar-refractivity contribution in [2.24, 2.45) is 0 Å². The van der Waals surface area contributed by atoms with Crippen LogP contribution < -0.4 is 4.74 Å². The molecule has 0 bridgehead atoms. The highest BCUT2D eigenvalue weighted by Crippen LogP contribution is 2.21. The molecule has 0 saturated heterocycles. The first-order chi connectivity index (χ1) is 12.1. The highest BCUT2D eigenvalue weighted by Gasteiger charge is 2.08. The second-order valence-corrected chi connectivity index (χ2v) is 5.98. The Morgan fingerprint density at radius 1 is 1.04 bits per heavy atom. The minimum Gasteiger partial charge on any atom is -0.493 e. The van der Waals surface area contributed by atoms with E-state index in [1.54, 1.807) is 12.4 Å². The maximum absolute atomic E-state index is 12.0. The van der Waals surface area contributed by atoms with Crippen LogP contribution in [0.3, 0.4) is 0 Å². The highest BCUT2D eigenvalue weighted by molar-refractivity contribution is 5.84. The topological polar surface area (TPSA) is 48.4 Å². The van der Waals surface area contributed by atoms with Gasteiger partial charge in [-0.2, -0.15) is 0 Å². The zero-order valence-corrected chi connectivity index (χ0v) is 14.5. The largest absolute Gasteiger partial charge is 0.493 e. The number of carbonyl (C=O) groups is 1. The number of esters is 1. The third-order valence-corrected chi connectivity index (χ3v) is 4.26. The predicted molar refractivity (Wildman–Crippen MR) is 97.6 cm³/mol. The Kier molecular flexibility index (Phi) is 5.29. The summed E-state index contributed by atoms with van der Waals surface area (Å²) in [4.78, 5) is 16.2. The molecule has 1 aromatic heterocycles. The lowest BCUT2D eigenvalue weighted by atomic mass is 10.1. The van der Waals surface area contributed by atoms with Crippen LogP contribution in [0.25, 0.3) is 10.8 Å². The summed E-state index contributed by atoms with van der Waals surface area (Å²) in [5.74, 6) is 0.532. The Balaban J connectivity index is 1.52. The number of nitrogens with zero attached hydrogens (tertiary/aromatic N) is 1. The van der Waals surface area contributed by atoms with E-state index < -0.39 is 0 Å². The molecular weight excluding hydrogens is 314 g/mol. The van der Waals surface area contributed by atoms with Gasteiger partial charge in [-0.15, -0.1) is 0 Å². The number of hydrogen-bond acceptors (Lipinski definition) is 4. The Bertz CT molecular complexity index is 884. The summed E-state index contributed by atoms with van der Waals surface area (Å²) in [6.45, 7) is 4.57. The predicted octanol–water partition coefficient (Wildman–Crippen LogP) is 4.36. The number of rotatable bonds is 6. The maximum atomic E-state index is 12.0. The van der Waals surface area contributed by atoms with Crippen molar-refractivity contribution in [1.29, 1.82) is 0 Å². The van der Waals surface area contributed by atoms with Crippen LogP contribution in [0, 0.1) is 13.8 Å². The Morgan fingerprint density at radius 2 is 1.88 bits per heavy atom. The van der Waals surface area contributed by atoms with Crippen molar-refractivity contribution in [3.8, 4) is 5.75 Å². The van der Waals surface area contributed by atoms with Gasteiger partial charge in [0.2, 0.25) is 0 Å². The summed E-state index contributed by atoms with van der Waals surface area (Å²) in [6.07, 6.45) is 3.76. The Hall–Kier alpha value is -2.88. The SMILES string of the molecule is Cc1cccc(OCCC(=O)OCc2cncc3ccccc23)c1C. The first kappa shape index (κ1) is 17.0. The van der Waals surface area contributed by atoms with Crippen LogP contribution in [0.2, 0.25) is 0 Å². The van der Waals surface area contributed by atoms with Gasteiger partial charge < -0.3 is 9.47 Å². The number of aromatic nitrogens is 1. The van der Waals surface area contributed by atoms with E-state index in [1.807, 2.05) is 56.3 Å². The molecule has 0 amide bonds. The molecule has 0 unspecified atom stereocenters. The first-order valence-electron chi connectivity index (χ1n) is 8.31. The van der Waals surface area contributed by atoms with Crippen molar-refractivity contribution in [2.45, 2.75) is 26.9 Å². The van der Waals surface area contributed by atoms with Gasteiger partial charge in [0.1, 0.15) is 12.4 Å². The fourth-order valence-electron chi connectivity index (χ4n) is 2.65. The van der Waals surface area contributed by atoms with E-state index in [2.05, 4.69) is 4.98 Å². The lowest BCUT2D eigenvalue weighted by molar-refractivity contribution is -0.145. The summed E-state index contributed by atoms with van der Waals surface area (Å²) in [5.41, 5.74) is 3.17. The number of aryl methyl sites for hydroxylation is 1. The number of ether oxygens (including phenoxy) is 2. The molecule has 0 aliphatic rings. The minimum atomic E-state index is -0.279. The van der Waals surface area contributed by atoms with Gasteiger partial charge in [-0.1, -0.05) is 36.4 Å². The molecule has 3 aromatic rings. The second kappa shape index (κ2) is 7.79. The lowest BCUT2D eigenvalue weighted by Gasteiger charge is -2.11. The molecule has 128 valence electrons. The summed E-state index contributed by atoms with van der Waals surface area (Å²) < 4.78 is 11.1. The Labute approximate surface area is 147 Å². The van der Waals surface area contributed by atoms with Crippen molar-refractivity contribution >= 4 is 16.7 Å². The van der Waals surface area contributed by atoms with Gasteiger partial charge >= 0.3 is 5.97 Å². The third kappa shape index (κ3) is 4.15. The normalized spacial score (nSPS) is 10.6. The molecule has 2 aromatic carbocycles.